The third-order valence-corrected chi connectivity index (χ3v) is 4.38. The predicted octanol–water partition coefficient (Wildman–Crippen LogP) is 4.13. The van der Waals surface area contributed by atoms with E-state index in [-0.39, 0.29) is 0 Å². The summed E-state index contributed by atoms with van der Waals surface area (Å²) in [5, 5.41) is 0. The van der Waals surface area contributed by atoms with Crippen LogP contribution in [0.2, 0.25) is 0 Å². The third-order valence-electron chi connectivity index (χ3n) is 4.38. The summed E-state index contributed by atoms with van der Waals surface area (Å²) >= 11 is 0. The molecule has 0 radical (unpaired) electrons. The lowest BCUT2D eigenvalue weighted by molar-refractivity contribution is 0.347. The monoisotopic (exact) mass is 230 g/mol. The van der Waals surface area contributed by atoms with Crippen LogP contribution in [-0.2, 0) is 12.8 Å². The van der Waals surface area contributed by atoms with E-state index >= 15 is 0 Å². The highest BCUT2D eigenvalue weighted by Gasteiger charge is 2.42. The Kier molecular flexibility index (Phi) is 2.85. The molecule has 1 aliphatic carbocycles. The molecule has 1 aromatic carbocycles. The zero-order valence-corrected chi connectivity index (χ0v) is 10.8. The standard InChI is InChI=1S/C16H22O/c1-2-3-8-16(9-10-16)12-14-6-4-5-13-7-11-17-15(13)14/h4-6H,2-3,7-12H2,1H3. The van der Waals surface area contributed by atoms with Crippen LogP contribution >= 0.6 is 0 Å². The van der Waals surface area contributed by atoms with E-state index in [0.29, 0.717) is 5.41 Å². The minimum atomic E-state index is 0.636. The second kappa shape index (κ2) is 4.36. The van der Waals surface area contributed by atoms with Gasteiger partial charge >= 0.3 is 0 Å². The molecule has 1 saturated carbocycles. The van der Waals surface area contributed by atoms with E-state index < -0.39 is 0 Å². The molecule has 0 spiro atoms. The Morgan fingerprint density at radius 1 is 1.29 bits per heavy atom. The van der Waals surface area contributed by atoms with E-state index in [1.807, 2.05) is 0 Å². The Bertz CT molecular complexity index is 404. The Morgan fingerprint density at radius 2 is 2.18 bits per heavy atom. The molecule has 0 aromatic heterocycles. The van der Waals surface area contributed by atoms with Crippen molar-refractivity contribution in [3.8, 4) is 5.75 Å². The molecule has 0 amide bonds. The lowest BCUT2D eigenvalue weighted by Crippen LogP contribution is -2.06. The lowest BCUT2D eigenvalue weighted by Gasteiger charge is -2.16. The van der Waals surface area contributed by atoms with Gasteiger partial charge in [-0.3, -0.25) is 0 Å². The van der Waals surface area contributed by atoms with Crippen molar-refractivity contribution >= 4 is 0 Å². The van der Waals surface area contributed by atoms with Crippen molar-refractivity contribution in [1.29, 1.82) is 0 Å². The van der Waals surface area contributed by atoms with Crippen LogP contribution in [0.15, 0.2) is 18.2 Å². The maximum absolute atomic E-state index is 5.81. The van der Waals surface area contributed by atoms with Crippen molar-refractivity contribution in [3.05, 3.63) is 29.3 Å². The minimum Gasteiger partial charge on any atom is -0.493 e. The van der Waals surface area contributed by atoms with Gasteiger partial charge in [-0.05, 0) is 42.2 Å². The molecule has 1 heteroatoms. The van der Waals surface area contributed by atoms with Crippen LogP contribution in [0, 0.1) is 5.41 Å². The highest BCUT2D eigenvalue weighted by atomic mass is 16.5. The van der Waals surface area contributed by atoms with Gasteiger partial charge in [-0.15, -0.1) is 0 Å². The first-order chi connectivity index (χ1) is 8.33. The Hall–Kier alpha value is -0.980. The van der Waals surface area contributed by atoms with Crippen LogP contribution in [-0.4, -0.2) is 6.61 Å². The van der Waals surface area contributed by atoms with Crippen molar-refractivity contribution in [1.82, 2.24) is 0 Å². The highest BCUT2D eigenvalue weighted by molar-refractivity contribution is 5.44. The van der Waals surface area contributed by atoms with E-state index in [4.69, 9.17) is 4.74 Å². The number of para-hydroxylation sites is 1. The zero-order chi connectivity index (χ0) is 11.7. The highest BCUT2D eigenvalue weighted by Crippen LogP contribution is 2.53. The molecule has 1 aliphatic heterocycles. The van der Waals surface area contributed by atoms with E-state index in [1.165, 1.54) is 55.4 Å². The number of rotatable bonds is 5. The van der Waals surface area contributed by atoms with Crippen molar-refractivity contribution in [3.63, 3.8) is 0 Å². The number of ether oxygens (including phenoxy) is 1. The molecular formula is C16H22O. The number of benzene rings is 1. The number of hydrogen-bond acceptors (Lipinski definition) is 1. The second-order valence-electron chi connectivity index (χ2n) is 5.78. The molecule has 92 valence electrons. The normalized spacial score (nSPS) is 19.8. The van der Waals surface area contributed by atoms with Gasteiger partial charge in [-0.2, -0.15) is 0 Å². The summed E-state index contributed by atoms with van der Waals surface area (Å²) in [5.74, 6) is 1.22. The molecule has 2 aliphatic rings. The number of unbranched alkanes of at least 4 members (excludes halogenated alkanes) is 1. The SMILES string of the molecule is CCCCC1(Cc2cccc3c2OCC3)CC1. The number of fused-ring (bicyclic) bond motifs is 1. The van der Waals surface area contributed by atoms with Gasteiger partial charge in [0.1, 0.15) is 5.75 Å². The van der Waals surface area contributed by atoms with Gasteiger partial charge in [0.15, 0.2) is 0 Å². The van der Waals surface area contributed by atoms with Crippen LogP contribution in [0.1, 0.15) is 50.2 Å². The molecule has 0 unspecified atom stereocenters. The van der Waals surface area contributed by atoms with Crippen LogP contribution in [0.5, 0.6) is 5.75 Å². The Balaban J connectivity index is 1.75. The first kappa shape index (κ1) is 11.1. The second-order valence-corrected chi connectivity index (χ2v) is 5.78. The predicted molar refractivity (Wildman–Crippen MR) is 70.5 cm³/mol. The first-order valence-electron chi connectivity index (χ1n) is 7.07. The van der Waals surface area contributed by atoms with Crippen LogP contribution in [0.4, 0.5) is 0 Å². The summed E-state index contributed by atoms with van der Waals surface area (Å²) in [6, 6.07) is 6.70. The summed E-state index contributed by atoms with van der Waals surface area (Å²) in [4.78, 5) is 0. The fourth-order valence-corrected chi connectivity index (χ4v) is 3.07. The van der Waals surface area contributed by atoms with Gasteiger partial charge in [0.25, 0.3) is 0 Å². The topological polar surface area (TPSA) is 9.23 Å². The fourth-order valence-electron chi connectivity index (χ4n) is 3.07. The third kappa shape index (κ3) is 2.20. The number of hydrogen-bond donors (Lipinski definition) is 0. The average molecular weight is 230 g/mol. The van der Waals surface area contributed by atoms with E-state index in [1.54, 1.807) is 0 Å². The minimum absolute atomic E-state index is 0.636. The first-order valence-corrected chi connectivity index (χ1v) is 7.07. The maximum Gasteiger partial charge on any atom is 0.125 e. The molecule has 1 heterocycles. The van der Waals surface area contributed by atoms with Crippen molar-refractivity contribution in [2.75, 3.05) is 6.61 Å². The van der Waals surface area contributed by atoms with Gasteiger partial charge in [-0.25, -0.2) is 0 Å². The van der Waals surface area contributed by atoms with Crippen LogP contribution < -0.4 is 4.74 Å². The summed E-state index contributed by atoms with van der Waals surface area (Å²) < 4.78 is 5.81. The molecule has 1 fully saturated rings. The molecule has 1 aromatic rings. The largest absolute Gasteiger partial charge is 0.493 e. The van der Waals surface area contributed by atoms with Gasteiger partial charge < -0.3 is 4.74 Å². The van der Waals surface area contributed by atoms with E-state index in [2.05, 4.69) is 25.1 Å². The summed E-state index contributed by atoms with van der Waals surface area (Å²) in [7, 11) is 0. The molecule has 0 N–H and O–H groups in total. The average Bonchev–Trinajstić information content (AvgIpc) is 2.92. The summed E-state index contributed by atoms with van der Waals surface area (Å²) in [5.41, 5.74) is 3.53. The van der Waals surface area contributed by atoms with Crippen molar-refractivity contribution in [2.24, 2.45) is 5.41 Å². The molecule has 0 atom stereocenters. The Labute approximate surface area is 104 Å². The molecule has 0 bridgehead atoms. The maximum atomic E-state index is 5.81. The molecule has 0 saturated heterocycles. The van der Waals surface area contributed by atoms with Gasteiger partial charge in [0.05, 0.1) is 6.61 Å². The quantitative estimate of drug-likeness (QED) is 0.739. The summed E-state index contributed by atoms with van der Waals surface area (Å²) in [6.07, 6.45) is 9.32. The zero-order valence-electron chi connectivity index (χ0n) is 10.8. The van der Waals surface area contributed by atoms with Crippen molar-refractivity contribution < 1.29 is 4.74 Å². The lowest BCUT2D eigenvalue weighted by atomic mass is 9.90. The van der Waals surface area contributed by atoms with E-state index in [9.17, 15) is 0 Å². The van der Waals surface area contributed by atoms with E-state index in [0.717, 1.165) is 13.0 Å². The van der Waals surface area contributed by atoms with Crippen LogP contribution in [0.25, 0.3) is 0 Å². The summed E-state index contributed by atoms with van der Waals surface area (Å²) in [6.45, 7) is 3.17. The van der Waals surface area contributed by atoms with Gasteiger partial charge in [0, 0.05) is 6.42 Å². The molecule has 1 nitrogen and oxygen atoms in total. The smallest absolute Gasteiger partial charge is 0.125 e. The molecular weight excluding hydrogens is 208 g/mol. The Morgan fingerprint density at radius 3 is 2.94 bits per heavy atom. The van der Waals surface area contributed by atoms with Gasteiger partial charge in [-0.1, -0.05) is 38.0 Å². The molecule has 3 rings (SSSR count). The van der Waals surface area contributed by atoms with Gasteiger partial charge in [0.2, 0.25) is 0 Å². The molecule has 17 heavy (non-hydrogen) atoms. The fraction of sp³-hybridized carbons (Fsp3) is 0.625. The van der Waals surface area contributed by atoms with Crippen molar-refractivity contribution in [2.45, 2.75) is 51.9 Å². The van der Waals surface area contributed by atoms with Crippen LogP contribution in [0.3, 0.4) is 0 Å².